The molecule has 0 aliphatic rings. The van der Waals surface area contributed by atoms with Crippen molar-refractivity contribution in [2.45, 2.75) is 11.5 Å². The summed E-state index contributed by atoms with van der Waals surface area (Å²) in [6, 6.07) is 10.9. The van der Waals surface area contributed by atoms with Crippen LogP contribution in [0.3, 0.4) is 0 Å². The minimum atomic E-state index is -3.02. The van der Waals surface area contributed by atoms with E-state index < -0.39 is 25.1 Å². The Bertz CT molecular complexity index is 836. The molecule has 6 nitrogen and oxygen atoms in total. The number of amides is 1. The van der Waals surface area contributed by atoms with E-state index >= 15 is 0 Å². The van der Waals surface area contributed by atoms with Crippen LogP contribution < -0.4 is 14.8 Å². The van der Waals surface area contributed by atoms with Crippen molar-refractivity contribution in [2.24, 2.45) is 0 Å². The SMILES string of the molecule is COc1cc(C(=O)OCC(=O)NCCSc2ccc(Cl)cc2)ccc1OC(F)F. The molecule has 2 rings (SSSR count). The Kier molecular flexibility index (Phi) is 9.01. The van der Waals surface area contributed by atoms with E-state index in [0.717, 1.165) is 11.0 Å². The molecule has 29 heavy (non-hydrogen) atoms. The first-order valence-electron chi connectivity index (χ1n) is 8.34. The number of halogens is 3. The Hall–Kier alpha value is -2.52. The second kappa shape index (κ2) is 11.5. The van der Waals surface area contributed by atoms with Gasteiger partial charge >= 0.3 is 12.6 Å². The molecule has 0 unspecified atom stereocenters. The van der Waals surface area contributed by atoms with Crippen molar-refractivity contribution >= 4 is 35.2 Å². The van der Waals surface area contributed by atoms with Gasteiger partial charge in [-0.05, 0) is 42.5 Å². The van der Waals surface area contributed by atoms with Crippen molar-refractivity contribution in [3.8, 4) is 11.5 Å². The Labute approximate surface area is 175 Å². The van der Waals surface area contributed by atoms with Gasteiger partial charge in [0.05, 0.1) is 12.7 Å². The average Bonchev–Trinajstić information content (AvgIpc) is 2.70. The number of carbonyl (C=O) groups is 2. The van der Waals surface area contributed by atoms with Crippen LogP contribution >= 0.6 is 23.4 Å². The first-order valence-corrected chi connectivity index (χ1v) is 9.70. The molecule has 0 aliphatic heterocycles. The number of benzene rings is 2. The van der Waals surface area contributed by atoms with Crippen molar-refractivity contribution in [1.82, 2.24) is 5.32 Å². The van der Waals surface area contributed by atoms with Gasteiger partial charge in [0.1, 0.15) is 0 Å². The van der Waals surface area contributed by atoms with Gasteiger partial charge < -0.3 is 19.5 Å². The second-order valence-electron chi connectivity index (χ2n) is 5.47. The number of hydrogen-bond acceptors (Lipinski definition) is 6. The molecule has 0 aromatic heterocycles. The molecule has 0 saturated heterocycles. The molecule has 2 aromatic carbocycles. The van der Waals surface area contributed by atoms with Gasteiger partial charge in [0.25, 0.3) is 5.91 Å². The standard InChI is InChI=1S/C19H18ClF2NO5S/c1-26-16-10-12(2-7-15(16)28-19(21)22)18(25)27-11-17(24)23-8-9-29-14-5-3-13(20)4-6-14/h2-7,10,19H,8-9,11H2,1H3,(H,23,24). The summed E-state index contributed by atoms with van der Waals surface area (Å²) in [5, 5.41) is 3.28. The molecule has 10 heteroatoms. The lowest BCUT2D eigenvalue weighted by Crippen LogP contribution is -2.30. The Morgan fingerprint density at radius 2 is 1.86 bits per heavy atom. The molecule has 1 amide bonds. The minimum absolute atomic E-state index is 0.0366. The van der Waals surface area contributed by atoms with E-state index in [2.05, 4.69) is 10.1 Å². The summed E-state index contributed by atoms with van der Waals surface area (Å²) in [4.78, 5) is 24.8. The number of methoxy groups -OCH3 is 1. The number of hydrogen-bond donors (Lipinski definition) is 1. The molecule has 0 aliphatic carbocycles. The Morgan fingerprint density at radius 1 is 1.14 bits per heavy atom. The Balaban J connectivity index is 1.75. The van der Waals surface area contributed by atoms with E-state index in [-0.39, 0.29) is 17.1 Å². The maximum Gasteiger partial charge on any atom is 0.387 e. The predicted octanol–water partition coefficient (Wildman–Crippen LogP) is 4.02. The molecule has 0 atom stereocenters. The van der Waals surface area contributed by atoms with Crippen LogP contribution in [0.1, 0.15) is 10.4 Å². The van der Waals surface area contributed by atoms with Gasteiger partial charge in [-0.1, -0.05) is 11.6 Å². The van der Waals surface area contributed by atoms with E-state index in [0.29, 0.717) is 17.3 Å². The second-order valence-corrected chi connectivity index (χ2v) is 7.08. The monoisotopic (exact) mass is 445 g/mol. The fourth-order valence-corrected chi connectivity index (χ4v) is 3.04. The Morgan fingerprint density at radius 3 is 2.52 bits per heavy atom. The lowest BCUT2D eigenvalue weighted by molar-refractivity contribution is -0.124. The molecule has 0 bridgehead atoms. The number of ether oxygens (including phenoxy) is 3. The summed E-state index contributed by atoms with van der Waals surface area (Å²) in [5.74, 6) is -0.889. The maximum atomic E-state index is 12.3. The van der Waals surface area contributed by atoms with Gasteiger partial charge in [0.2, 0.25) is 0 Å². The molecule has 156 valence electrons. The predicted molar refractivity (Wildman–Crippen MR) is 105 cm³/mol. The highest BCUT2D eigenvalue weighted by Crippen LogP contribution is 2.29. The first-order chi connectivity index (χ1) is 13.9. The number of esters is 1. The van der Waals surface area contributed by atoms with Crippen LogP contribution in [0, 0.1) is 0 Å². The normalized spacial score (nSPS) is 10.5. The highest BCUT2D eigenvalue weighted by molar-refractivity contribution is 7.99. The third-order valence-corrected chi connectivity index (χ3v) is 4.72. The number of carbonyl (C=O) groups excluding carboxylic acids is 2. The molecular formula is C19H18ClF2NO5S. The molecule has 1 N–H and O–H groups in total. The van der Waals surface area contributed by atoms with Gasteiger partial charge in [0.15, 0.2) is 18.1 Å². The quantitative estimate of drug-likeness (QED) is 0.338. The van der Waals surface area contributed by atoms with Crippen LogP contribution in [0.15, 0.2) is 47.4 Å². The highest BCUT2D eigenvalue weighted by atomic mass is 35.5. The third kappa shape index (κ3) is 7.78. The van der Waals surface area contributed by atoms with Crippen molar-refractivity contribution in [2.75, 3.05) is 26.0 Å². The van der Waals surface area contributed by atoms with Crippen LogP contribution in [0.5, 0.6) is 11.5 Å². The summed E-state index contributed by atoms with van der Waals surface area (Å²) in [7, 11) is 1.25. The highest BCUT2D eigenvalue weighted by Gasteiger charge is 2.16. The average molecular weight is 446 g/mol. The molecular weight excluding hydrogens is 428 g/mol. The van der Waals surface area contributed by atoms with Crippen LogP contribution in [0.2, 0.25) is 5.02 Å². The molecule has 0 fully saturated rings. The zero-order valence-corrected chi connectivity index (χ0v) is 16.9. The van der Waals surface area contributed by atoms with Crippen LogP contribution in [0.4, 0.5) is 8.78 Å². The van der Waals surface area contributed by atoms with Gasteiger partial charge in [-0.3, -0.25) is 4.79 Å². The fourth-order valence-electron chi connectivity index (χ4n) is 2.14. The summed E-state index contributed by atoms with van der Waals surface area (Å²) < 4.78 is 38.8. The first kappa shape index (κ1) is 22.8. The number of nitrogens with one attached hydrogen (secondary N) is 1. The maximum absolute atomic E-state index is 12.3. The summed E-state index contributed by atoms with van der Waals surface area (Å²) in [5.41, 5.74) is 0.0366. The topological polar surface area (TPSA) is 73.9 Å². The van der Waals surface area contributed by atoms with Crippen molar-refractivity contribution in [3.05, 3.63) is 53.1 Å². The van der Waals surface area contributed by atoms with Gasteiger partial charge in [-0.2, -0.15) is 8.78 Å². The van der Waals surface area contributed by atoms with Crippen LogP contribution in [0.25, 0.3) is 0 Å². The van der Waals surface area contributed by atoms with Crippen LogP contribution in [-0.2, 0) is 9.53 Å². The number of rotatable bonds is 10. The van der Waals surface area contributed by atoms with E-state index in [9.17, 15) is 18.4 Å². The zero-order chi connectivity index (χ0) is 21.2. The lowest BCUT2D eigenvalue weighted by atomic mass is 10.2. The largest absolute Gasteiger partial charge is 0.493 e. The minimum Gasteiger partial charge on any atom is -0.493 e. The number of thioether (sulfide) groups is 1. The van der Waals surface area contributed by atoms with Gasteiger partial charge in [-0.15, -0.1) is 11.8 Å². The van der Waals surface area contributed by atoms with E-state index in [1.807, 2.05) is 12.1 Å². The van der Waals surface area contributed by atoms with Gasteiger partial charge in [0, 0.05) is 22.2 Å². The molecule has 0 spiro atoms. The summed E-state index contributed by atoms with van der Waals surface area (Å²) in [6.07, 6.45) is 0. The molecule has 0 heterocycles. The summed E-state index contributed by atoms with van der Waals surface area (Å²) in [6.45, 7) is -3.11. The zero-order valence-electron chi connectivity index (χ0n) is 15.3. The van der Waals surface area contributed by atoms with Crippen molar-refractivity contribution in [3.63, 3.8) is 0 Å². The van der Waals surface area contributed by atoms with E-state index in [1.165, 1.54) is 19.2 Å². The van der Waals surface area contributed by atoms with Gasteiger partial charge in [-0.25, -0.2) is 4.79 Å². The third-order valence-electron chi connectivity index (χ3n) is 3.46. The number of alkyl halides is 2. The van der Waals surface area contributed by atoms with E-state index in [4.69, 9.17) is 21.1 Å². The molecule has 0 saturated carbocycles. The fraction of sp³-hybridized carbons (Fsp3) is 0.263. The van der Waals surface area contributed by atoms with Crippen molar-refractivity contribution < 1.29 is 32.6 Å². The van der Waals surface area contributed by atoms with E-state index in [1.54, 1.807) is 23.9 Å². The molecule has 0 radical (unpaired) electrons. The lowest BCUT2D eigenvalue weighted by Gasteiger charge is -2.11. The van der Waals surface area contributed by atoms with Crippen LogP contribution in [-0.4, -0.2) is 44.5 Å². The summed E-state index contributed by atoms with van der Waals surface area (Å²) >= 11 is 7.35. The van der Waals surface area contributed by atoms with Crippen molar-refractivity contribution in [1.29, 1.82) is 0 Å². The smallest absolute Gasteiger partial charge is 0.387 e. The molecule has 2 aromatic rings.